The molecule has 3 heterocycles. The van der Waals surface area contributed by atoms with Gasteiger partial charge < -0.3 is 10.6 Å². The minimum atomic E-state index is -4.62. The van der Waals surface area contributed by atoms with E-state index in [1.165, 1.54) is 30.3 Å². The average Bonchev–Trinajstić information content (AvgIpc) is 3.26. The summed E-state index contributed by atoms with van der Waals surface area (Å²) >= 11 is 1.34. The number of nitrogens with one attached hydrogen (secondary N) is 3. The topological polar surface area (TPSA) is 98.8 Å². The number of hydrogen-bond donors (Lipinski definition) is 3. The maximum Gasteiger partial charge on any atom is 0.417 e. The van der Waals surface area contributed by atoms with E-state index in [-0.39, 0.29) is 0 Å². The van der Waals surface area contributed by atoms with Gasteiger partial charge >= 0.3 is 6.18 Å². The second-order valence-electron chi connectivity index (χ2n) is 8.84. The van der Waals surface area contributed by atoms with Crippen molar-refractivity contribution < 1.29 is 18.0 Å². The van der Waals surface area contributed by atoms with Gasteiger partial charge in [-0.15, -0.1) is 0 Å². The molecule has 0 unspecified atom stereocenters. The number of nitrogens with zero attached hydrogens (tertiary/aromatic N) is 4. The maximum atomic E-state index is 13.3. The number of amides is 1. The Labute approximate surface area is 221 Å². The SMILES string of the molecule is Cc1cc(Nc2cc(CN3CCC3)nc(Sc3ccc(NC(=O)c4ccccc4C(F)(F)F)cc3)n2)n[nH]1. The summed E-state index contributed by atoms with van der Waals surface area (Å²) in [6, 6.07) is 15.3. The molecule has 196 valence electrons. The predicted molar refractivity (Wildman–Crippen MR) is 138 cm³/mol. The largest absolute Gasteiger partial charge is 0.417 e. The summed E-state index contributed by atoms with van der Waals surface area (Å²) in [5, 5.41) is 13.4. The molecule has 0 saturated carbocycles. The van der Waals surface area contributed by atoms with Crippen molar-refractivity contribution in [1.82, 2.24) is 25.1 Å². The van der Waals surface area contributed by atoms with Gasteiger partial charge in [-0.25, -0.2) is 9.97 Å². The zero-order chi connectivity index (χ0) is 26.7. The Hall–Kier alpha value is -3.90. The number of halogens is 3. The molecule has 12 heteroatoms. The normalized spacial score (nSPS) is 13.7. The molecule has 0 radical (unpaired) electrons. The van der Waals surface area contributed by atoms with Crippen molar-refractivity contribution in [1.29, 1.82) is 0 Å². The van der Waals surface area contributed by atoms with Crippen LogP contribution in [0.4, 0.5) is 30.5 Å². The van der Waals surface area contributed by atoms with Gasteiger partial charge in [0.2, 0.25) is 0 Å². The lowest BCUT2D eigenvalue weighted by atomic mass is 10.1. The molecule has 1 aliphatic rings. The lowest BCUT2D eigenvalue weighted by Crippen LogP contribution is -2.36. The van der Waals surface area contributed by atoms with E-state index in [4.69, 9.17) is 4.98 Å². The number of rotatable bonds is 8. The molecule has 2 aromatic carbocycles. The van der Waals surface area contributed by atoms with Crippen molar-refractivity contribution in [2.45, 2.75) is 36.1 Å². The fraction of sp³-hybridized carbons (Fsp3) is 0.231. The second kappa shape index (κ2) is 10.8. The van der Waals surface area contributed by atoms with E-state index in [2.05, 4.69) is 30.7 Å². The number of H-pyrrole nitrogens is 1. The second-order valence-corrected chi connectivity index (χ2v) is 9.88. The summed E-state index contributed by atoms with van der Waals surface area (Å²) in [6.45, 7) is 4.70. The molecule has 38 heavy (non-hydrogen) atoms. The summed E-state index contributed by atoms with van der Waals surface area (Å²) in [6.07, 6.45) is -3.45. The van der Waals surface area contributed by atoms with Crippen LogP contribution in [-0.2, 0) is 12.7 Å². The van der Waals surface area contributed by atoms with E-state index in [1.54, 1.807) is 24.3 Å². The number of aromatic amines is 1. The van der Waals surface area contributed by atoms with Crippen LogP contribution >= 0.6 is 11.8 Å². The van der Waals surface area contributed by atoms with Gasteiger partial charge in [-0.1, -0.05) is 12.1 Å². The fourth-order valence-corrected chi connectivity index (χ4v) is 4.67. The molecule has 1 amide bonds. The number of carbonyl (C=O) groups is 1. The Kier molecular flexibility index (Phi) is 7.34. The molecular formula is C26H24F3N7OS. The molecule has 1 saturated heterocycles. The predicted octanol–water partition coefficient (Wildman–Crippen LogP) is 5.88. The van der Waals surface area contributed by atoms with E-state index in [9.17, 15) is 18.0 Å². The third-order valence-corrected chi connectivity index (χ3v) is 6.73. The van der Waals surface area contributed by atoms with Crippen LogP contribution in [0.1, 0.15) is 33.7 Å². The quantitative estimate of drug-likeness (QED) is 0.241. The fourth-order valence-electron chi connectivity index (χ4n) is 3.88. The first-order valence-electron chi connectivity index (χ1n) is 11.9. The first kappa shape index (κ1) is 25.7. The van der Waals surface area contributed by atoms with Crippen molar-refractivity contribution in [3.05, 3.63) is 83.2 Å². The van der Waals surface area contributed by atoms with Crippen LogP contribution in [0.15, 0.2) is 70.7 Å². The minimum Gasteiger partial charge on any atom is -0.323 e. The van der Waals surface area contributed by atoms with Crippen LogP contribution < -0.4 is 10.6 Å². The van der Waals surface area contributed by atoms with Crippen LogP contribution in [0.5, 0.6) is 0 Å². The number of alkyl halides is 3. The van der Waals surface area contributed by atoms with Crippen LogP contribution in [0.25, 0.3) is 0 Å². The first-order chi connectivity index (χ1) is 18.2. The molecule has 4 aromatic rings. The highest BCUT2D eigenvalue weighted by atomic mass is 32.2. The molecule has 3 N–H and O–H groups in total. The Balaban J connectivity index is 1.30. The maximum absolute atomic E-state index is 13.3. The number of anilines is 3. The van der Waals surface area contributed by atoms with E-state index in [0.717, 1.165) is 41.5 Å². The molecule has 1 fully saturated rings. The minimum absolute atomic E-state index is 0.375. The van der Waals surface area contributed by atoms with E-state index < -0.39 is 23.2 Å². The lowest BCUT2D eigenvalue weighted by molar-refractivity contribution is -0.137. The van der Waals surface area contributed by atoms with Gasteiger partial charge in [0.25, 0.3) is 5.91 Å². The van der Waals surface area contributed by atoms with Gasteiger partial charge in [-0.3, -0.25) is 14.8 Å². The zero-order valence-corrected chi connectivity index (χ0v) is 21.2. The summed E-state index contributed by atoms with van der Waals surface area (Å²) in [7, 11) is 0. The highest BCUT2D eigenvalue weighted by Crippen LogP contribution is 2.33. The molecule has 0 aliphatic carbocycles. The highest BCUT2D eigenvalue weighted by molar-refractivity contribution is 7.99. The van der Waals surface area contributed by atoms with Gasteiger partial charge in [0.05, 0.1) is 16.8 Å². The number of benzene rings is 2. The van der Waals surface area contributed by atoms with Gasteiger partial charge in [0, 0.05) is 35.0 Å². The molecule has 0 atom stereocenters. The average molecular weight is 540 g/mol. The van der Waals surface area contributed by atoms with Crippen LogP contribution in [0.2, 0.25) is 0 Å². The Morgan fingerprint density at radius 1 is 1.05 bits per heavy atom. The van der Waals surface area contributed by atoms with Crippen molar-refractivity contribution >= 4 is 35.0 Å². The number of aryl methyl sites for hydroxylation is 1. The summed E-state index contributed by atoms with van der Waals surface area (Å²) in [4.78, 5) is 25.0. The third kappa shape index (κ3) is 6.32. The molecular weight excluding hydrogens is 515 g/mol. The van der Waals surface area contributed by atoms with E-state index in [0.29, 0.717) is 29.0 Å². The van der Waals surface area contributed by atoms with Gasteiger partial charge in [-0.05, 0) is 74.6 Å². The number of carbonyl (C=O) groups excluding carboxylic acids is 1. The van der Waals surface area contributed by atoms with Crippen molar-refractivity contribution in [3.8, 4) is 0 Å². The smallest absolute Gasteiger partial charge is 0.323 e. The van der Waals surface area contributed by atoms with Gasteiger partial charge in [-0.2, -0.15) is 18.3 Å². The number of likely N-dealkylation sites (tertiary alicyclic amines) is 1. The van der Waals surface area contributed by atoms with Crippen molar-refractivity contribution in [2.24, 2.45) is 0 Å². The molecule has 0 spiro atoms. The number of aromatic nitrogens is 4. The number of hydrogen-bond acceptors (Lipinski definition) is 7. The van der Waals surface area contributed by atoms with Crippen molar-refractivity contribution in [3.63, 3.8) is 0 Å². The monoisotopic (exact) mass is 539 g/mol. The first-order valence-corrected chi connectivity index (χ1v) is 12.7. The Morgan fingerprint density at radius 2 is 1.82 bits per heavy atom. The van der Waals surface area contributed by atoms with E-state index >= 15 is 0 Å². The molecule has 2 aromatic heterocycles. The molecule has 8 nitrogen and oxygen atoms in total. The molecule has 5 rings (SSSR count). The third-order valence-electron chi connectivity index (χ3n) is 5.85. The summed E-state index contributed by atoms with van der Waals surface area (Å²) < 4.78 is 39.8. The van der Waals surface area contributed by atoms with Gasteiger partial charge in [0.1, 0.15) is 5.82 Å². The molecule has 0 bridgehead atoms. The Morgan fingerprint density at radius 3 is 2.47 bits per heavy atom. The van der Waals surface area contributed by atoms with Crippen LogP contribution in [0.3, 0.4) is 0 Å². The zero-order valence-electron chi connectivity index (χ0n) is 20.3. The van der Waals surface area contributed by atoms with Gasteiger partial charge in [0.15, 0.2) is 11.0 Å². The molecule has 1 aliphatic heterocycles. The van der Waals surface area contributed by atoms with Crippen LogP contribution in [-0.4, -0.2) is 44.1 Å². The standard InChI is InChI=1S/C26H24F3N7OS/c1-16-13-23(35-34-16)32-22-14-18(15-36-11-4-12-36)31-25(33-22)38-19-9-7-17(8-10-19)30-24(37)20-5-2-3-6-21(20)26(27,28)29/h2-3,5-10,13-14H,4,11-12,15H2,1H3,(H,30,37)(H2,31,32,33,34,35). The Bertz CT molecular complexity index is 1440. The lowest BCUT2D eigenvalue weighted by Gasteiger charge is -2.30. The summed E-state index contributed by atoms with van der Waals surface area (Å²) in [5.74, 6) is 0.445. The summed E-state index contributed by atoms with van der Waals surface area (Å²) in [5.41, 5.74) is 0.766. The highest BCUT2D eigenvalue weighted by Gasteiger charge is 2.34. The van der Waals surface area contributed by atoms with Crippen molar-refractivity contribution in [2.75, 3.05) is 23.7 Å². The van der Waals surface area contributed by atoms with E-state index in [1.807, 2.05) is 19.1 Å². The van der Waals surface area contributed by atoms with Crippen LogP contribution in [0, 0.1) is 6.92 Å².